The van der Waals surface area contributed by atoms with Crippen LogP contribution < -0.4 is 4.74 Å². The maximum Gasteiger partial charge on any atom is 0.180 e. The van der Waals surface area contributed by atoms with E-state index in [2.05, 4.69) is 42.2 Å². The van der Waals surface area contributed by atoms with E-state index < -0.39 is 0 Å². The van der Waals surface area contributed by atoms with Crippen LogP contribution in [0.3, 0.4) is 0 Å². The Kier molecular flexibility index (Phi) is 15.5. The molecule has 200 valence electrons. The largest absolute Gasteiger partial charge is 0.493 e. The van der Waals surface area contributed by atoms with Crippen LogP contribution in [0, 0.1) is 12.3 Å². The maximum absolute atomic E-state index is 7.02. The van der Waals surface area contributed by atoms with Crippen LogP contribution >= 0.6 is 0 Å². The monoisotopic (exact) mass is 502 g/mol. The Labute approximate surface area is 225 Å². The number of hydrogen-bond acceptors (Lipinski definition) is 4. The number of likely N-dealkylation sites (tertiary alicyclic amines) is 1. The predicted molar refractivity (Wildman–Crippen MR) is 157 cm³/mol. The summed E-state index contributed by atoms with van der Waals surface area (Å²) < 4.78 is 10.4. The molecular formula is C33H46N2O2. The molecule has 2 heterocycles. The first-order chi connectivity index (χ1) is 18.1. The Hall–Kier alpha value is -3.11. The molecule has 0 spiro atoms. The molecule has 0 saturated carbocycles. The minimum atomic E-state index is 0.395. The molecule has 2 aliphatic rings. The average Bonchev–Trinajstić information content (AvgIpc) is 3.65. The van der Waals surface area contributed by atoms with Gasteiger partial charge in [-0.05, 0) is 62.9 Å². The van der Waals surface area contributed by atoms with Crippen LogP contribution in [0.4, 0.5) is 0 Å². The highest BCUT2D eigenvalue weighted by molar-refractivity contribution is 5.71. The molecule has 1 fully saturated rings. The number of fused-ring (bicyclic) bond motifs is 1. The summed E-state index contributed by atoms with van der Waals surface area (Å²) in [6.07, 6.45) is 6.75. The second-order valence-electron chi connectivity index (χ2n) is 9.27. The summed E-state index contributed by atoms with van der Waals surface area (Å²) in [5.41, 5.74) is 4.19. The first-order valence-electron chi connectivity index (χ1n) is 13.8. The van der Waals surface area contributed by atoms with Gasteiger partial charge in [-0.1, -0.05) is 98.3 Å². The van der Waals surface area contributed by atoms with Crippen LogP contribution in [-0.2, 0) is 17.6 Å². The number of rotatable bonds is 6. The summed E-state index contributed by atoms with van der Waals surface area (Å²) in [6, 6.07) is 29.0. The molecule has 1 N–H and O–H groups in total. The summed E-state index contributed by atoms with van der Waals surface area (Å²) in [5.74, 6) is 1.50. The fourth-order valence-corrected chi connectivity index (χ4v) is 3.94. The molecule has 1 saturated heterocycles. The van der Waals surface area contributed by atoms with Crippen LogP contribution in [0.15, 0.2) is 84.9 Å². The Morgan fingerprint density at radius 1 is 0.892 bits per heavy atom. The lowest BCUT2D eigenvalue weighted by Gasteiger charge is -2.14. The fourth-order valence-electron chi connectivity index (χ4n) is 3.94. The van der Waals surface area contributed by atoms with Crippen molar-refractivity contribution in [3.63, 3.8) is 0 Å². The van der Waals surface area contributed by atoms with Gasteiger partial charge in [-0.2, -0.15) is 0 Å². The van der Waals surface area contributed by atoms with Crippen molar-refractivity contribution in [3.8, 4) is 5.75 Å². The van der Waals surface area contributed by atoms with Crippen molar-refractivity contribution >= 4 is 5.90 Å². The van der Waals surface area contributed by atoms with E-state index in [1.54, 1.807) is 0 Å². The van der Waals surface area contributed by atoms with E-state index in [4.69, 9.17) is 14.9 Å². The van der Waals surface area contributed by atoms with Crippen molar-refractivity contribution < 1.29 is 9.47 Å². The SMILES string of the molecule is CCCOC(=N)CC.Cc1ccccc1.c1cc2c(cc1CCN1CCCC1)CCO2.c1ccccc1. The molecule has 0 amide bonds. The zero-order chi connectivity index (χ0) is 26.6. The predicted octanol–water partition coefficient (Wildman–Crippen LogP) is 7.74. The van der Waals surface area contributed by atoms with E-state index in [0.29, 0.717) is 18.9 Å². The van der Waals surface area contributed by atoms with E-state index in [1.165, 1.54) is 55.6 Å². The number of nitrogens with one attached hydrogen (secondary N) is 1. The molecule has 3 aromatic carbocycles. The molecule has 0 aliphatic carbocycles. The summed E-state index contributed by atoms with van der Waals surface area (Å²) in [7, 11) is 0. The lowest BCUT2D eigenvalue weighted by molar-refractivity contribution is 0.294. The summed E-state index contributed by atoms with van der Waals surface area (Å²) in [5, 5.41) is 7.02. The van der Waals surface area contributed by atoms with Gasteiger partial charge in [0, 0.05) is 19.4 Å². The third-order valence-electron chi connectivity index (χ3n) is 6.08. The molecule has 0 bridgehead atoms. The van der Waals surface area contributed by atoms with Gasteiger partial charge in [0.1, 0.15) is 5.75 Å². The third kappa shape index (κ3) is 13.7. The number of benzene rings is 3. The lowest BCUT2D eigenvalue weighted by Crippen LogP contribution is -2.21. The van der Waals surface area contributed by atoms with Crippen molar-refractivity contribution in [1.82, 2.24) is 4.90 Å². The second-order valence-corrected chi connectivity index (χ2v) is 9.27. The van der Waals surface area contributed by atoms with Gasteiger partial charge in [0.25, 0.3) is 0 Å². The van der Waals surface area contributed by atoms with E-state index in [-0.39, 0.29) is 0 Å². The van der Waals surface area contributed by atoms with Crippen LogP contribution in [0.25, 0.3) is 0 Å². The van der Waals surface area contributed by atoms with Crippen molar-refractivity contribution in [2.24, 2.45) is 0 Å². The Balaban J connectivity index is 0.000000193. The van der Waals surface area contributed by atoms with Gasteiger partial charge in [0.05, 0.1) is 13.2 Å². The van der Waals surface area contributed by atoms with Gasteiger partial charge in [0.15, 0.2) is 5.90 Å². The van der Waals surface area contributed by atoms with Gasteiger partial charge < -0.3 is 14.4 Å². The van der Waals surface area contributed by atoms with Crippen molar-refractivity contribution in [3.05, 3.63) is 102 Å². The third-order valence-corrected chi connectivity index (χ3v) is 6.08. The fraction of sp³-hybridized carbons (Fsp3) is 0.424. The molecule has 4 nitrogen and oxygen atoms in total. The van der Waals surface area contributed by atoms with Gasteiger partial charge >= 0.3 is 0 Å². The van der Waals surface area contributed by atoms with Gasteiger partial charge in [-0.15, -0.1) is 0 Å². The lowest BCUT2D eigenvalue weighted by atomic mass is 10.1. The van der Waals surface area contributed by atoms with Crippen LogP contribution in [-0.4, -0.2) is 43.6 Å². The maximum atomic E-state index is 7.02. The zero-order valence-electron chi connectivity index (χ0n) is 23.1. The van der Waals surface area contributed by atoms with Crippen molar-refractivity contribution in [2.45, 2.75) is 59.3 Å². The molecule has 0 radical (unpaired) electrons. The first kappa shape index (κ1) is 30.1. The van der Waals surface area contributed by atoms with Gasteiger partial charge in [-0.25, -0.2) is 0 Å². The standard InChI is InChI=1S/C14H19NO.C7H8.C6H13NO.C6H6/c1-2-8-15(7-1)9-5-12-3-4-14-13(11-12)6-10-16-14;1-7-5-3-2-4-6-7;1-3-5-8-6(7)4-2;1-2-4-6-5-3-1/h3-4,11H,1-2,5-10H2;2-6H,1H3;7H,3-5H2,1-2H3;1-6H. The Bertz CT molecular complexity index is 943. The molecule has 4 heteroatoms. The topological polar surface area (TPSA) is 45.5 Å². The molecule has 0 unspecified atom stereocenters. The minimum absolute atomic E-state index is 0.395. The highest BCUT2D eigenvalue weighted by Crippen LogP contribution is 2.26. The van der Waals surface area contributed by atoms with E-state index in [1.807, 2.05) is 68.4 Å². The molecule has 37 heavy (non-hydrogen) atoms. The quantitative estimate of drug-likeness (QED) is 0.277. The van der Waals surface area contributed by atoms with Crippen LogP contribution in [0.2, 0.25) is 0 Å². The van der Waals surface area contributed by atoms with E-state index in [0.717, 1.165) is 25.2 Å². The summed E-state index contributed by atoms with van der Waals surface area (Å²) in [6.45, 7) is 11.4. The first-order valence-corrected chi connectivity index (χ1v) is 13.8. The van der Waals surface area contributed by atoms with Gasteiger partial charge in [-0.3, -0.25) is 5.41 Å². The zero-order valence-corrected chi connectivity index (χ0v) is 23.1. The number of aryl methyl sites for hydroxylation is 1. The van der Waals surface area contributed by atoms with Gasteiger partial charge in [0.2, 0.25) is 0 Å². The molecule has 2 aliphatic heterocycles. The van der Waals surface area contributed by atoms with Crippen molar-refractivity contribution in [1.29, 1.82) is 5.41 Å². The number of ether oxygens (including phenoxy) is 2. The van der Waals surface area contributed by atoms with Crippen molar-refractivity contribution in [2.75, 3.05) is 32.8 Å². The summed E-state index contributed by atoms with van der Waals surface area (Å²) >= 11 is 0. The second kappa shape index (κ2) is 19.1. The smallest absolute Gasteiger partial charge is 0.180 e. The van der Waals surface area contributed by atoms with E-state index in [9.17, 15) is 0 Å². The number of nitrogens with zero attached hydrogens (tertiary/aromatic N) is 1. The summed E-state index contributed by atoms with van der Waals surface area (Å²) in [4.78, 5) is 2.57. The average molecular weight is 503 g/mol. The molecule has 0 atom stereocenters. The number of hydrogen-bond donors (Lipinski definition) is 1. The highest BCUT2D eigenvalue weighted by Gasteiger charge is 2.14. The normalized spacial score (nSPS) is 13.4. The highest BCUT2D eigenvalue weighted by atomic mass is 16.5. The molecule has 3 aromatic rings. The van der Waals surface area contributed by atoms with Crippen LogP contribution in [0.1, 0.15) is 56.2 Å². The minimum Gasteiger partial charge on any atom is -0.493 e. The molecule has 0 aromatic heterocycles. The Morgan fingerprint density at radius 2 is 1.51 bits per heavy atom. The van der Waals surface area contributed by atoms with Crippen LogP contribution in [0.5, 0.6) is 5.75 Å². The van der Waals surface area contributed by atoms with E-state index >= 15 is 0 Å². The molecular weight excluding hydrogens is 456 g/mol. The molecule has 5 rings (SSSR count). The Morgan fingerprint density at radius 3 is 2.05 bits per heavy atom.